The van der Waals surface area contributed by atoms with E-state index in [4.69, 9.17) is 4.74 Å². The Kier molecular flexibility index (Phi) is 4.13. The molecule has 1 unspecified atom stereocenters. The molecule has 2 aliphatic rings. The Hall–Kier alpha value is -1.26. The van der Waals surface area contributed by atoms with Crippen LogP contribution >= 0.6 is 11.8 Å². The van der Waals surface area contributed by atoms with Crippen LogP contribution in [0.5, 0.6) is 0 Å². The molecule has 106 valence electrons. The van der Waals surface area contributed by atoms with Gasteiger partial charge < -0.3 is 9.64 Å². The predicted octanol–water partition coefficient (Wildman–Crippen LogP) is 2.64. The van der Waals surface area contributed by atoms with E-state index < -0.39 is 0 Å². The van der Waals surface area contributed by atoms with Gasteiger partial charge in [0.1, 0.15) is 0 Å². The Morgan fingerprint density at radius 1 is 1.25 bits per heavy atom. The molecule has 0 N–H and O–H groups in total. The average Bonchev–Trinajstić information content (AvgIpc) is 2.90. The fourth-order valence-corrected chi connectivity index (χ4v) is 4.12. The van der Waals surface area contributed by atoms with Crippen molar-refractivity contribution in [3.05, 3.63) is 41.5 Å². The highest BCUT2D eigenvalue weighted by molar-refractivity contribution is 8.08. The molecule has 0 radical (unpaired) electrons. The van der Waals surface area contributed by atoms with Gasteiger partial charge in [0.2, 0.25) is 5.91 Å². The van der Waals surface area contributed by atoms with Crippen molar-refractivity contribution in [2.24, 2.45) is 5.92 Å². The summed E-state index contributed by atoms with van der Waals surface area (Å²) in [6.45, 7) is 4.90. The Morgan fingerprint density at radius 2 is 1.95 bits per heavy atom. The zero-order chi connectivity index (χ0) is 13.9. The maximum absolute atomic E-state index is 12.6. The zero-order valence-corrected chi connectivity index (χ0v) is 12.5. The van der Waals surface area contributed by atoms with Gasteiger partial charge in [-0.05, 0) is 18.1 Å². The molecule has 3 rings (SSSR count). The van der Waals surface area contributed by atoms with Crippen LogP contribution in [0.25, 0.3) is 4.91 Å². The van der Waals surface area contributed by atoms with Gasteiger partial charge in [-0.15, -0.1) is 11.8 Å². The molecular formula is C16H19NO2S. The Bertz CT molecular complexity index is 521. The van der Waals surface area contributed by atoms with Crippen LogP contribution in [-0.2, 0) is 9.53 Å². The van der Waals surface area contributed by atoms with E-state index in [0.29, 0.717) is 13.2 Å². The number of hydrogen-bond acceptors (Lipinski definition) is 3. The lowest BCUT2D eigenvalue weighted by atomic mass is 9.98. The molecule has 1 amide bonds. The highest BCUT2D eigenvalue weighted by Gasteiger charge is 2.33. The largest absolute Gasteiger partial charge is 0.378 e. The third-order valence-corrected chi connectivity index (χ3v) is 5.28. The van der Waals surface area contributed by atoms with Crippen LogP contribution in [0.2, 0.25) is 0 Å². The Morgan fingerprint density at radius 3 is 2.65 bits per heavy atom. The number of thioether (sulfide) groups is 1. The summed E-state index contributed by atoms with van der Waals surface area (Å²) in [4.78, 5) is 15.8. The normalized spacial score (nSPS) is 23.2. The molecule has 0 aromatic heterocycles. The second-order valence-electron chi connectivity index (χ2n) is 5.18. The number of morpholine rings is 1. The van der Waals surface area contributed by atoms with Crippen LogP contribution in [0.4, 0.5) is 0 Å². The smallest absolute Gasteiger partial charge is 0.230 e. The summed E-state index contributed by atoms with van der Waals surface area (Å²) in [5.74, 6) is 1.17. The summed E-state index contributed by atoms with van der Waals surface area (Å²) in [5, 5.41) is 0. The van der Waals surface area contributed by atoms with Crippen LogP contribution in [0.3, 0.4) is 0 Å². The van der Waals surface area contributed by atoms with Crippen molar-refractivity contribution in [2.75, 3.05) is 32.1 Å². The Labute approximate surface area is 124 Å². The molecule has 1 aromatic rings. The van der Waals surface area contributed by atoms with Crippen molar-refractivity contribution < 1.29 is 9.53 Å². The number of carbonyl (C=O) groups is 1. The third-order valence-electron chi connectivity index (χ3n) is 3.93. The van der Waals surface area contributed by atoms with E-state index in [2.05, 4.69) is 19.1 Å². The second-order valence-corrected chi connectivity index (χ2v) is 6.21. The molecule has 0 aliphatic carbocycles. The first kappa shape index (κ1) is 13.7. The van der Waals surface area contributed by atoms with Crippen molar-refractivity contribution in [1.29, 1.82) is 0 Å². The maximum atomic E-state index is 12.6. The van der Waals surface area contributed by atoms with E-state index >= 15 is 0 Å². The third kappa shape index (κ3) is 2.63. The van der Waals surface area contributed by atoms with Crippen molar-refractivity contribution in [3.8, 4) is 0 Å². The molecule has 2 aliphatic heterocycles. The minimum Gasteiger partial charge on any atom is -0.378 e. The second kappa shape index (κ2) is 6.02. The molecule has 0 spiro atoms. The summed E-state index contributed by atoms with van der Waals surface area (Å²) in [7, 11) is 0. The molecule has 1 saturated heterocycles. The first-order chi connectivity index (χ1) is 9.77. The topological polar surface area (TPSA) is 29.5 Å². The van der Waals surface area contributed by atoms with Crippen LogP contribution in [0.15, 0.2) is 35.9 Å². The lowest BCUT2D eigenvalue weighted by molar-refractivity contribution is -0.137. The van der Waals surface area contributed by atoms with E-state index in [0.717, 1.165) is 18.8 Å². The first-order valence-electron chi connectivity index (χ1n) is 7.03. The minimum atomic E-state index is 0.0355. The molecule has 1 atom stereocenters. The Balaban J connectivity index is 1.79. The number of hydrogen-bond donors (Lipinski definition) is 0. The summed E-state index contributed by atoms with van der Waals surface area (Å²) in [6.07, 6.45) is 0. The number of carbonyl (C=O) groups excluding carboxylic acids is 1. The molecule has 2 heterocycles. The molecule has 4 heteroatoms. The van der Waals surface area contributed by atoms with E-state index in [1.165, 1.54) is 16.0 Å². The van der Waals surface area contributed by atoms with Gasteiger partial charge in [-0.1, -0.05) is 30.3 Å². The molecule has 1 aromatic carbocycles. The zero-order valence-electron chi connectivity index (χ0n) is 11.7. The van der Waals surface area contributed by atoms with Gasteiger partial charge in [0.05, 0.1) is 19.1 Å². The van der Waals surface area contributed by atoms with Crippen molar-refractivity contribution in [1.82, 2.24) is 4.90 Å². The van der Waals surface area contributed by atoms with Gasteiger partial charge in [-0.25, -0.2) is 0 Å². The van der Waals surface area contributed by atoms with Gasteiger partial charge in [-0.3, -0.25) is 4.79 Å². The highest BCUT2D eigenvalue weighted by atomic mass is 32.2. The summed E-state index contributed by atoms with van der Waals surface area (Å²) in [6, 6.07) is 10.4. The van der Waals surface area contributed by atoms with Crippen molar-refractivity contribution >= 4 is 22.6 Å². The van der Waals surface area contributed by atoms with Crippen molar-refractivity contribution in [2.45, 2.75) is 6.92 Å². The van der Waals surface area contributed by atoms with Crippen LogP contribution in [0, 0.1) is 5.92 Å². The maximum Gasteiger partial charge on any atom is 0.230 e. The van der Waals surface area contributed by atoms with Crippen molar-refractivity contribution in [3.63, 3.8) is 0 Å². The molecule has 1 fully saturated rings. The summed E-state index contributed by atoms with van der Waals surface area (Å²) in [5.41, 5.74) is 2.45. The van der Waals surface area contributed by atoms with Gasteiger partial charge >= 0.3 is 0 Å². The fraction of sp³-hybridized carbons (Fsp3) is 0.438. The summed E-state index contributed by atoms with van der Waals surface area (Å²) >= 11 is 1.80. The number of nitrogens with zero attached hydrogens (tertiary/aromatic N) is 1. The SMILES string of the molecule is CC1=C(c2ccccc2)SCC1C(=O)N1CCOCC1. The standard InChI is InChI=1S/C16H19NO2S/c1-12-14(16(18)17-7-9-19-10-8-17)11-20-15(12)13-5-3-2-4-6-13/h2-6,14H,7-11H2,1H3. The van der Waals surface area contributed by atoms with Gasteiger partial charge in [0.15, 0.2) is 0 Å². The van der Waals surface area contributed by atoms with Crippen LogP contribution in [0.1, 0.15) is 12.5 Å². The first-order valence-corrected chi connectivity index (χ1v) is 8.01. The monoisotopic (exact) mass is 289 g/mol. The minimum absolute atomic E-state index is 0.0355. The number of benzene rings is 1. The van der Waals surface area contributed by atoms with Gasteiger partial charge in [0, 0.05) is 23.7 Å². The van der Waals surface area contributed by atoms with E-state index in [-0.39, 0.29) is 11.8 Å². The van der Waals surface area contributed by atoms with E-state index in [1.807, 2.05) is 23.1 Å². The average molecular weight is 289 g/mol. The van der Waals surface area contributed by atoms with E-state index in [9.17, 15) is 4.79 Å². The van der Waals surface area contributed by atoms with E-state index in [1.54, 1.807) is 11.8 Å². The number of ether oxygens (including phenoxy) is 1. The predicted molar refractivity (Wildman–Crippen MR) is 82.4 cm³/mol. The van der Waals surface area contributed by atoms with Gasteiger partial charge in [-0.2, -0.15) is 0 Å². The van der Waals surface area contributed by atoms with Crippen LogP contribution < -0.4 is 0 Å². The molecule has 0 bridgehead atoms. The quantitative estimate of drug-likeness (QED) is 0.838. The van der Waals surface area contributed by atoms with Gasteiger partial charge in [0.25, 0.3) is 0 Å². The fourth-order valence-electron chi connectivity index (χ4n) is 2.72. The van der Waals surface area contributed by atoms with Crippen LogP contribution in [-0.4, -0.2) is 42.9 Å². The lowest BCUT2D eigenvalue weighted by Gasteiger charge is -2.29. The molecule has 20 heavy (non-hydrogen) atoms. The molecular weight excluding hydrogens is 270 g/mol. The number of amides is 1. The molecule has 0 saturated carbocycles. The summed E-state index contributed by atoms with van der Waals surface area (Å²) < 4.78 is 5.32. The lowest BCUT2D eigenvalue weighted by Crippen LogP contribution is -2.44. The highest BCUT2D eigenvalue weighted by Crippen LogP contribution is 2.42. The molecule has 3 nitrogen and oxygen atoms in total. The number of rotatable bonds is 2.